The predicted octanol–water partition coefficient (Wildman–Crippen LogP) is 3.82. The molecule has 0 fully saturated rings. The average molecular weight is 342 g/mol. The van der Waals surface area contributed by atoms with Gasteiger partial charge < -0.3 is 4.74 Å². The summed E-state index contributed by atoms with van der Waals surface area (Å²) in [6, 6.07) is 0. The number of alkyl halides is 2. The summed E-state index contributed by atoms with van der Waals surface area (Å²) in [6.45, 7) is 6.18. The van der Waals surface area contributed by atoms with Crippen LogP contribution in [-0.4, -0.2) is 22.2 Å². The summed E-state index contributed by atoms with van der Waals surface area (Å²) in [6.07, 6.45) is 3.42. The quantitative estimate of drug-likeness (QED) is 0.431. The van der Waals surface area contributed by atoms with Crippen molar-refractivity contribution in [3.05, 3.63) is 11.6 Å². The van der Waals surface area contributed by atoms with Crippen molar-refractivity contribution < 1.29 is 9.53 Å². The summed E-state index contributed by atoms with van der Waals surface area (Å²) in [5.41, 5.74) is 1.04. The van der Waals surface area contributed by atoms with E-state index in [1.165, 1.54) is 7.11 Å². The summed E-state index contributed by atoms with van der Waals surface area (Å²) in [4.78, 5) is 11.3. The van der Waals surface area contributed by atoms with E-state index < -0.39 is 0 Å². The first-order chi connectivity index (χ1) is 6.77. The number of carbonyl (C=O) groups excluding carboxylic acids is 1. The third-order valence-corrected chi connectivity index (χ3v) is 4.87. The molecule has 0 aliphatic heterocycles. The van der Waals surface area contributed by atoms with Gasteiger partial charge in [0.1, 0.15) is 0 Å². The van der Waals surface area contributed by atoms with Crippen molar-refractivity contribution in [1.82, 2.24) is 0 Å². The van der Waals surface area contributed by atoms with E-state index in [0.29, 0.717) is 4.83 Å². The van der Waals surface area contributed by atoms with Crippen LogP contribution < -0.4 is 0 Å². The highest BCUT2D eigenvalue weighted by Gasteiger charge is 2.23. The Morgan fingerprint density at radius 3 is 2.47 bits per heavy atom. The molecule has 0 heterocycles. The molecule has 88 valence electrons. The monoisotopic (exact) mass is 340 g/mol. The number of esters is 1. The zero-order chi connectivity index (χ0) is 12.1. The molecule has 1 unspecified atom stereocenters. The van der Waals surface area contributed by atoms with Gasteiger partial charge in [-0.1, -0.05) is 37.4 Å². The number of hydrogen-bond donors (Lipinski definition) is 0. The number of rotatable bonds is 5. The third kappa shape index (κ3) is 7.12. The highest BCUT2D eigenvalue weighted by molar-refractivity contribution is 9.12. The Morgan fingerprint density at radius 1 is 1.53 bits per heavy atom. The Balaban J connectivity index is 4.06. The number of carbonyl (C=O) groups is 1. The van der Waals surface area contributed by atoms with Crippen LogP contribution in [0.5, 0.6) is 0 Å². The number of allylic oxidation sites excluding steroid dienone is 1. The second-order valence-electron chi connectivity index (χ2n) is 4.08. The molecular formula is C11H18Br2O2. The van der Waals surface area contributed by atoms with Crippen LogP contribution in [0.2, 0.25) is 0 Å². The highest BCUT2D eigenvalue weighted by Crippen LogP contribution is 2.30. The van der Waals surface area contributed by atoms with Gasteiger partial charge in [0.25, 0.3) is 0 Å². The van der Waals surface area contributed by atoms with Crippen molar-refractivity contribution in [3.63, 3.8) is 0 Å². The van der Waals surface area contributed by atoms with Gasteiger partial charge in [0.15, 0.2) is 0 Å². The van der Waals surface area contributed by atoms with Crippen molar-refractivity contribution >= 4 is 37.8 Å². The molecule has 0 rings (SSSR count). The van der Waals surface area contributed by atoms with Gasteiger partial charge >= 0.3 is 5.97 Å². The van der Waals surface area contributed by atoms with Gasteiger partial charge in [-0.25, -0.2) is 4.79 Å². The minimum atomic E-state index is -0.281. The van der Waals surface area contributed by atoms with Gasteiger partial charge in [0.05, 0.1) is 7.11 Å². The fourth-order valence-electron chi connectivity index (χ4n) is 1.03. The van der Waals surface area contributed by atoms with Crippen LogP contribution in [0.4, 0.5) is 0 Å². The Morgan fingerprint density at radius 2 is 2.07 bits per heavy atom. The van der Waals surface area contributed by atoms with Gasteiger partial charge in [0.2, 0.25) is 0 Å². The standard InChI is InChI=1S/C11H18Br2O2/c1-8(7-10(14)15-4)5-6-9(12)11(2,3)13/h7,9H,5-6H2,1-4H3/b8-7+. The van der Waals surface area contributed by atoms with Gasteiger partial charge in [-0.15, -0.1) is 0 Å². The minimum absolute atomic E-state index is 0.0680. The normalized spacial score (nSPS) is 14.9. The third-order valence-electron chi connectivity index (χ3n) is 2.10. The molecule has 0 aromatic carbocycles. The van der Waals surface area contributed by atoms with Crippen LogP contribution in [0.15, 0.2) is 11.6 Å². The van der Waals surface area contributed by atoms with Crippen LogP contribution in [-0.2, 0) is 9.53 Å². The van der Waals surface area contributed by atoms with E-state index in [2.05, 4.69) is 50.4 Å². The summed E-state index contributed by atoms with van der Waals surface area (Å²) in [7, 11) is 1.39. The number of ether oxygens (including phenoxy) is 1. The lowest BCUT2D eigenvalue weighted by Gasteiger charge is -2.23. The lowest BCUT2D eigenvalue weighted by molar-refractivity contribution is -0.134. The number of methoxy groups -OCH3 is 1. The summed E-state index contributed by atoms with van der Waals surface area (Å²) in [5.74, 6) is -0.281. The maximum Gasteiger partial charge on any atom is 0.330 e. The summed E-state index contributed by atoms with van der Waals surface area (Å²) in [5, 5.41) is 0. The molecule has 0 bridgehead atoms. The number of hydrogen-bond acceptors (Lipinski definition) is 2. The molecule has 0 amide bonds. The number of halogens is 2. The van der Waals surface area contributed by atoms with Crippen molar-refractivity contribution in [1.29, 1.82) is 0 Å². The van der Waals surface area contributed by atoms with E-state index in [1.54, 1.807) is 6.08 Å². The first-order valence-corrected chi connectivity index (χ1v) is 6.56. The maximum atomic E-state index is 10.9. The van der Waals surface area contributed by atoms with Crippen molar-refractivity contribution in [3.8, 4) is 0 Å². The molecule has 2 nitrogen and oxygen atoms in total. The van der Waals surface area contributed by atoms with Crippen LogP contribution >= 0.6 is 31.9 Å². The van der Waals surface area contributed by atoms with Crippen molar-refractivity contribution in [2.45, 2.75) is 42.8 Å². The Labute approximate surface area is 109 Å². The molecule has 0 aliphatic rings. The first kappa shape index (κ1) is 15.2. The van der Waals surface area contributed by atoms with Crippen LogP contribution in [0, 0.1) is 0 Å². The van der Waals surface area contributed by atoms with Crippen molar-refractivity contribution in [2.75, 3.05) is 7.11 Å². The minimum Gasteiger partial charge on any atom is -0.466 e. The van der Waals surface area contributed by atoms with Crippen LogP contribution in [0.1, 0.15) is 33.6 Å². The van der Waals surface area contributed by atoms with E-state index in [9.17, 15) is 4.79 Å². The fourth-order valence-corrected chi connectivity index (χ4v) is 1.49. The van der Waals surface area contributed by atoms with Gasteiger partial charge in [-0.05, 0) is 33.6 Å². The Kier molecular flexibility index (Phi) is 6.76. The van der Waals surface area contributed by atoms with Gasteiger partial charge in [0, 0.05) is 15.2 Å². The van der Waals surface area contributed by atoms with Crippen LogP contribution in [0.3, 0.4) is 0 Å². The molecule has 0 radical (unpaired) electrons. The average Bonchev–Trinajstić information content (AvgIpc) is 2.12. The fraction of sp³-hybridized carbons (Fsp3) is 0.727. The van der Waals surface area contributed by atoms with E-state index in [0.717, 1.165) is 18.4 Å². The van der Waals surface area contributed by atoms with Crippen molar-refractivity contribution in [2.24, 2.45) is 0 Å². The Bertz CT molecular complexity index is 241. The molecular weight excluding hydrogens is 324 g/mol. The maximum absolute atomic E-state index is 10.9. The first-order valence-electron chi connectivity index (χ1n) is 4.85. The van der Waals surface area contributed by atoms with E-state index in [1.807, 2.05) is 6.92 Å². The smallest absolute Gasteiger partial charge is 0.330 e. The molecule has 1 atom stereocenters. The largest absolute Gasteiger partial charge is 0.466 e. The highest BCUT2D eigenvalue weighted by atomic mass is 79.9. The zero-order valence-electron chi connectivity index (χ0n) is 9.64. The molecule has 0 aromatic rings. The SMILES string of the molecule is COC(=O)/C=C(\C)CCC(Br)C(C)(C)Br. The van der Waals surface area contributed by atoms with Gasteiger partial charge in [-0.2, -0.15) is 0 Å². The second kappa shape index (κ2) is 6.69. The van der Waals surface area contributed by atoms with E-state index in [-0.39, 0.29) is 10.3 Å². The molecule has 0 spiro atoms. The molecule has 0 N–H and O–H groups in total. The molecule has 15 heavy (non-hydrogen) atoms. The molecule has 0 saturated carbocycles. The molecule has 0 aliphatic carbocycles. The summed E-state index contributed by atoms with van der Waals surface area (Å²) < 4.78 is 4.63. The second-order valence-corrected chi connectivity index (χ2v) is 7.23. The predicted molar refractivity (Wildman–Crippen MR) is 70.7 cm³/mol. The Hall–Kier alpha value is 0.170. The van der Waals surface area contributed by atoms with E-state index >= 15 is 0 Å². The lowest BCUT2D eigenvalue weighted by Crippen LogP contribution is -2.23. The van der Waals surface area contributed by atoms with Crippen LogP contribution in [0.25, 0.3) is 0 Å². The zero-order valence-corrected chi connectivity index (χ0v) is 12.8. The molecule has 0 aromatic heterocycles. The molecule has 4 heteroatoms. The van der Waals surface area contributed by atoms with E-state index in [4.69, 9.17) is 0 Å². The van der Waals surface area contributed by atoms with Gasteiger partial charge in [-0.3, -0.25) is 0 Å². The topological polar surface area (TPSA) is 26.3 Å². The summed E-state index contributed by atoms with van der Waals surface area (Å²) >= 11 is 7.22. The lowest BCUT2D eigenvalue weighted by atomic mass is 10.0. The molecule has 0 saturated heterocycles.